The number of carbonyl (C=O) groups excluding carboxylic acids is 1. The summed E-state index contributed by atoms with van der Waals surface area (Å²) in [5, 5.41) is 1.17. The number of aromatic nitrogens is 1. The Kier molecular flexibility index (Phi) is 6.42. The van der Waals surface area contributed by atoms with Crippen LogP contribution >= 0.6 is 0 Å². The Hall–Kier alpha value is -3.12. The van der Waals surface area contributed by atoms with E-state index in [4.69, 9.17) is 9.15 Å². The van der Waals surface area contributed by atoms with Crippen LogP contribution in [0.5, 0.6) is 5.75 Å². The van der Waals surface area contributed by atoms with Crippen LogP contribution in [0.1, 0.15) is 47.9 Å². The topological polar surface area (TPSA) is 58.8 Å². The van der Waals surface area contributed by atoms with E-state index in [-0.39, 0.29) is 5.91 Å². The maximum atomic E-state index is 13.1. The molecule has 3 heterocycles. The molecule has 34 heavy (non-hydrogen) atoms. The SMILES string of the molecule is COc1c(/C(C)=C/C(=O)N2CCN(Cc3ccccn3)CC2)cc2c3c(oc2c1C)CCCC3. The van der Waals surface area contributed by atoms with Gasteiger partial charge in [-0.2, -0.15) is 0 Å². The summed E-state index contributed by atoms with van der Waals surface area (Å²) in [6.07, 6.45) is 8.03. The highest BCUT2D eigenvalue weighted by Gasteiger charge is 2.24. The summed E-state index contributed by atoms with van der Waals surface area (Å²) in [6.45, 7) is 8.03. The Morgan fingerprint density at radius 1 is 1.18 bits per heavy atom. The molecule has 6 nitrogen and oxygen atoms in total. The maximum Gasteiger partial charge on any atom is 0.246 e. The molecule has 178 valence electrons. The first kappa shape index (κ1) is 22.7. The lowest BCUT2D eigenvalue weighted by Crippen LogP contribution is -2.47. The zero-order valence-electron chi connectivity index (χ0n) is 20.4. The van der Waals surface area contributed by atoms with Gasteiger partial charge in [-0.25, -0.2) is 0 Å². The van der Waals surface area contributed by atoms with Crippen LogP contribution in [0.2, 0.25) is 0 Å². The summed E-state index contributed by atoms with van der Waals surface area (Å²) < 4.78 is 12.0. The molecule has 0 N–H and O–H groups in total. The molecule has 1 fully saturated rings. The number of aryl methyl sites for hydroxylation is 3. The third kappa shape index (κ3) is 4.34. The van der Waals surface area contributed by atoms with Crippen molar-refractivity contribution in [3.63, 3.8) is 0 Å². The van der Waals surface area contributed by atoms with E-state index in [1.807, 2.05) is 36.2 Å². The lowest BCUT2D eigenvalue weighted by atomic mass is 9.93. The lowest BCUT2D eigenvalue weighted by Gasteiger charge is -2.34. The zero-order valence-corrected chi connectivity index (χ0v) is 20.4. The summed E-state index contributed by atoms with van der Waals surface area (Å²) in [5.41, 5.74) is 6.23. The summed E-state index contributed by atoms with van der Waals surface area (Å²) in [4.78, 5) is 21.8. The van der Waals surface area contributed by atoms with Crippen molar-refractivity contribution < 1.29 is 13.9 Å². The third-order valence-electron chi connectivity index (χ3n) is 7.19. The number of nitrogens with zero attached hydrogens (tertiary/aromatic N) is 3. The van der Waals surface area contributed by atoms with Crippen LogP contribution < -0.4 is 4.74 Å². The molecule has 0 spiro atoms. The zero-order chi connectivity index (χ0) is 23.7. The van der Waals surface area contributed by atoms with E-state index in [2.05, 4.69) is 22.9 Å². The molecule has 3 aromatic rings. The number of hydrogen-bond donors (Lipinski definition) is 0. The number of carbonyl (C=O) groups is 1. The fourth-order valence-electron chi connectivity index (χ4n) is 5.29. The summed E-state index contributed by atoms with van der Waals surface area (Å²) >= 11 is 0. The molecule has 5 rings (SSSR count). The maximum absolute atomic E-state index is 13.1. The molecule has 0 saturated carbocycles. The van der Waals surface area contributed by atoms with Gasteiger partial charge in [0.05, 0.1) is 12.8 Å². The van der Waals surface area contributed by atoms with Gasteiger partial charge in [0, 0.05) is 73.5 Å². The van der Waals surface area contributed by atoms with E-state index in [1.165, 1.54) is 23.8 Å². The minimum Gasteiger partial charge on any atom is -0.496 e. The fraction of sp³-hybridized carbons (Fsp3) is 0.429. The van der Waals surface area contributed by atoms with Gasteiger partial charge < -0.3 is 14.1 Å². The van der Waals surface area contributed by atoms with Gasteiger partial charge in [0.15, 0.2) is 0 Å². The molecule has 0 radical (unpaired) electrons. The van der Waals surface area contributed by atoms with Crippen LogP contribution in [0.3, 0.4) is 0 Å². The largest absolute Gasteiger partial charge is 0.496 e. The summed E-state index contributed by atoms with van der Waals surface area (Å²) in [6, 6.07) is 8.17. The molecule has 2 aliphatic rings. The minimum atomic E-state index is 0.0593. The molecule has 6 heteroatoms. The molecule has 2 aromatic heterocycles. The lowest BCUT2D eigenvalue weighted by molar-refractivity contribution is -0.127. The number of piperazine rings is 1. The van der Waals surface area contributed by atoms with Gasteiger partial charge in [0.1, 0.15) is 17.1 Å². The number of pyridine rings is 1. The van der Waals surface area contributed by atoms with Gasteiger partial charge in [-0.3, -0.25) is 14.7 Å². The normalized spacial score (nSPS) is 17.1. The van der Waals surface area contributed by atoms with Crippen molar-refractivity contribution in [2.75, 3.05) is 33.3 Å². The van der Waals surface area contributed by atoms with Gasteiger partial charge in [-0.05, 0) is 56.9 Å². The highest BCUT2D eigenvalue weighted by atomic mass is 16.5. The number of benzene rings is 1. The van der Waals surface area contributed by atoms with Crippen LogP contribution in [0.25, 0.3) is 16.5 Å². The average Bonchev–Trinajstić information content (AvgIpc) is 3.24. The molecule has 1 aliphatic heterocycles. The molecule has 1 aliphatic carbocycles. The second-order valence-corrected chi connectivity index (χ2v) is 9.42. The quantitative estimate of drug-likeness (QED) is 0.515. The van der Waals surface area contributed by atoms with Gasteiger partial charge in [-0.1, -0.05) is 6.07 Å². The van der Waals surface area contributed by atoms with Gasteiger partial charge in [0.25, 0.3) is 0 Å². The Bertz CT molecular complexity index is 1220. The van der Waals surface area contributed by atoms with Crippen molar-refractivity contribution in [2.45, 2.75) is 46.1 Å². The number of rotatable bonds is 5. The molecule has 1 saturated heterocycles. The predicted molar refractivity (Wildman–Crippen MR) is 134 cm³/mol. The standard InChI is InChI=1S/C28H33N3O3/c1-19(16-26(32)31-14-12-30(13-15-31)18-21-8-6-7-11-29-21)23-17-24-22-9-4-5-10-25(22)34-28(24)20(2)27(23)33-3/h6-8,11,16-17H,4-5,9-10,12-15,18H2,1-3H3/b19-16+. The van der Waals surface area contributed by atoms with Crippen molar-refractivity contribution in [1.82, 2.24) is 14.8 Å². The molecular formula is C28H33N3O3. The molecule has 0 atom stereocenters. The van der Waals surface area contributed by atoms with Gasteiger partial charge in [-0.15, -0.1) is 0 Å². The van der Waals surface area contributed by atoms with Crippen LogP contribution in [0.15, 0.2) is 41.0 Å². The smallest absolute Gasteiger partial charge is 0.246 e. The van der Waals surface area contributed by atoms with Crippen LogP contribution in [0.4, 0.5) is 0 Å². The average molecular weight is 460 g/mol. The van der Waals surface area contributed by atoms with Gasteiger partial charge in [0.2, 0.25) is 5.91 Å². The van der Waals surface area contributed by atoms with Crippen molar-refractivity contribution in [1.29, 1.82) is 0 Å². The second kappa shape index (κ2) is 9.63. The molecule has 0 bridgehead atoms. The first-order chi connectivity index (χ1) is 16.5. The van der Waals surface area contributed by atoms with Crippen molar-refractivity contribution >= 4 is 22.4 Å². The van der Waals surface area contributed by atoms with Gasteiger partial charge >= 0.3 is 0 Å². The Labute approximate surface area is 201 Å². The van der Waals surface area contributed by atoms with Crippen LogP contribution in [-0.2, 0) is 24.2 Å². The highest BCUT2D eigenvalue weighted by Crippen LogP contribution is 2.41. The molecule has 1 aromatic carbocycles. The number of hydrogen-bond acceptors (Lipinski definition) is 5. The van der Waals surface area contributed by atoms with Crippen molar-refractivity contribution in [3.8, 4) is 5.75 Å². The first-order valence-electron chi connectivity index (χ1n) is 12.3. The Morgan fingerprint density at radius 3 is 2.71 bits per heavy atom. The highest BCUT2D eigenvalue weighted by molar-refractivity contribution is 5.98. The third-order valence-corrected chi connectivity index (χ3v) is 7.19. The summed E-state index contributed by atoms with van der Waals surface area (Å²) in [7, 11) is 1.69. The predicted octanol–water partition coefficient (Wildman–Crippen LogP) is 4.77. The molecule has 0 unspecified atom stereocenters. The first-order valence-corrected chi connectivity index (χ1v) is 12.3. The number of fused-ring (bicyclic) bond motifs is 3. The van der Waals surface area contributed by atoms with Crippen LogP contribution in [-0.4, -0.2) is 54.0 Å². The van der Waals surface area contributed by atoms with E-state index < -0.39 is 0 Å². The number of methoxy groups -OCH3 is 1. The van der Waals surface area contributed by atoms with E-state index in [0.29, 0.717) is 0 Å². The van der Waals surface area contributed by atoms with E-state index in [0.717, 1.165) is 85.1 Å². The Balaban J connectivity index is 1.34. The van der Waals surface area contributed by atoms with Crippen LogP contribution in [0, 0.1) is 6.92 Å². The van der Waals surface area contributed by atoms with Crippen molar-refractivity contribution in [2.24, 2.45) is 0 Å². The second-order valence-electron chi connectivity index (χ2n) is 9.42. The van der Waals surface area contributed by atoms with E-state index in [9.17, 15) is 4.79 Å². The summed E-state index contributed by atoms with van der Waals surface area (Å²) in [5.74, 6) is 1.97. The monoisotopic (exact) mass is 459 g/mol. The molecular weight excluding hydrogens is 426 g/mol. The number of ether oxygens (including phenoxy) is 1. The van der Waals surface area contributed by atoms with E-state index >= 15 is 0 Å². The van der Waals surface area contributed by atoms with E-state index in [1.54, 1.807) is 13.2 Å². The molecule has 1 amide bonds. The number of amides is 1. The minimum absolute atomic E-state index is 0.0593. The fourth-order valence-corrected chi connectivity index (χ4v) is 5.29. The number of allylic oxidation sites excluding steroid dienone is 1. The van der Waals surface area contributed by atoms with Crippen molar-refractivity contribution in [3.05, 3.63) is 64.7 Å². The Morgan fingerprint density at radius 2 is 1.97 bits per heavy atom. The number of furan rings is 1.